The average Bonchev–Trinajstić information content (AvgIpc) is 2.51. The van der Waals surface area contributed by atoms with Crippen LogP contribution in [0.25, 0.3) is 0 Å². The highest BCUT2D eigenvalue weighted by Gasteiger charge is 2.23. The number of cyclic esters (lactones) is 1. The number of nitrogens with zero attached hydrogens (tertiary/aromatic N) is 1. The Morgan fingerprint density at radius 1 is 1.46 bits per heavy atom. The van der Waals surface area contributed by atoms with Gasteiger partial charge in [-0.3, -0.25) is 4.90 Å². The van der Waals surface area contributed by atoms with Gasteiger partial charge in [0.05, 0.1) is 6.54 Å². The van der Waals surface area contributed by atoms with Crippen molar-refractivity contribution < 1.29 is 9.53 Å². The number of aryl methyl sites for hydroxylation is 1. The molecule has 0 radical (unpaired) electrons. The average molecular weight is 177 g/mol. The molecule has 1 amide bonds. The monoisotopic (exact) mass is 177 g/mol. The Hall–Kier alpha value is -1.51. The molecule has 1 heterocycles. The van der Waals surface area contributed by atoms with Crippen molar-refractivity contribution in [3.63, 3.8) is 0 Å². The van der Waals surface area contributed by atoms with Gasteiger partial charge in [0.1, 0.15) is 6.61 Å². The topological polar surface area (TPSA) is 29.5 Å². The van der Waals surface area contributed by atoms with Crippen LogP contribution in [0, 0.1) is 6.92 Å². The molecule has 0 N–H and O–H groups in total. The van der Waals surface area contributed by atoms with Gasteiger partial charge in [0.15, 0.2) is 0 Å². The van der Waals surface area contributed by atoms with Gasteiger partial charge in [-0.15, -0.1) is 0 Å². The van der Waals surface area contributed by atoms with Crippen molar-refractivity contribution >= 4 is 11.8 Å². The molecule has 1 aromatic carbocycles. The van der Waals surface area contributed by atoms with Crippen LogP contribution in [-0.4, -0.2) is 19.2 Å². The second kappa shape index (κ2) is 3.09. The van der Waals surface area contributed by atoms with Crippen LogP contribution in [0.15, 0.2) is 24.3 Å². The summed E-state index contributed by atoms with van der Waals surface area (Å²) in [6.45, 7) is 3.15. The zero-order valence-electron chi connectivity index (χ0n) is 7.49. The maximum absolute atomic E-state index is 11.2. The Balaban J connectivity index is 2.29. The molecule has 2 rings (SSSR count). The molecule has 0 aromatic heterocycles. The first-order valence-corrected chi connectivity index (χ1v) is 4.28. The normalized spacial score (nSPS) is 16.1. The van der Waals surface area contributed by atoms with E-state index in [4.69, 9.17) is 4.74 Å². The van der Waals surface area contributed by atoms with Gasteiger partial charge in [-0.25, -0.2) is 4.79 Å². The Labute approximate surface area is 76.9 Å². The highest BCUT2D eigenvalue weighted by molar-refractivity contribution is 5.89. The number of benzene rings is 1. The predicted molar refractivity (Wildman–Crippen MR) is 49.9 cm³/mol. The number of ether oxygens (including phenoxy) is 1. The number of hydrogen-bond donors (Lipinski definition) is 0. The van der Waals surface area contributed by atoms with Crippen molar-refractivity contribution in [2.75, 3.05) is 18.1 Å². The van der Waals surface area contributed by atoms with E-state index in [2.05, 4.69) is 0 Å². The van der Waals surface area contributed by atoms with E-state index in [9.17, 15) is 4.79 Å². The molecule has 1 aliphatic heterocycles. The maximum atomic E-state index is 11.2. The van der Waals surface area contributed by atoms with Crippen LogP contribution in [0.1, 0.15) is 5.56 Å². The van der Waals surface area contributed by atoms with Crippen LogP contribution < -0.4 is 4.90 Å². The molecule has 3 heteroatoms. The van der Waals surface area contributed by atoms with Gasteiger partial charge < -0.3 is 4.74 Å². The van der Waals surface area contributed by atoms with E-state index in [0.29, 0.717) is 13.2 Å². The van der Waals surface area contributed by atoms with Gasteiger partial charge in [-0.05, 0) is 24.6 Å². The molecule has 1 aromatic rings. The van der Waals surface area contributed by atoms with Crippen LogP contribution >= 0.6 is 0 Å². The Kier molecular flexibility index (Phi) is 1.93. The zero-order chi connectivity index (χ0) is 9.26. The second-order valence-corrected chi connectivity index (χ2v) is 3.11. The van der Waals surface area contributed by atoms with Crippen LogP contribution in [0.2, 0.25) is 0 Å². The van der Waals surface area contributed by atoms with Crippen LogP contribution in [0.5, 0.6) is 0 Å². The minimum Gasteiger partial charge on any atom is -0.447 e. The SMILES string of the molecule is Cc1cccc(N2CCOC2=O)c1. The molecule has 0 aliphatic carbocycles. The summed E-state index contributed by atoms with van der Waals surface area (Å²) in [5.74, 6) is 0. The predicted octanol–water partition coefficient (Wildman–Crippen LogP) is 1.95. The lowest BCUT2D eigenvalue weighted by molar-refractivity contribution is 0.181. The van der Waals surface area contributed by atoms with E-state index in [-0.39, 0.29) is 6.09 Å². The second-order valence-electron chi connectivity index (χ2n) is 3.11. The fraction of sp³-hybridized carbons (Fsp3) is 0.300. The van der Waals surface area contributed by atoms with Crippen molar-refractivity contribution in [3.05, 3.63) is 29.8 Å². The molecule has 1 saturated heterocycles. The van der Waals surface area contributed by atoms with Crippen LogP contribution in [0.3, 0.4) is 0 Å². The lowest BCUT2D eigenvalue weighted by Gasteiger charge is -2.12. The van der Waals surface area contributed by atoms with Gasteiger partial charge in [-0.1, -0.05) is 12.1 Å². The van der Waals surface area contributed by atoms with E-state index < -0.39 is 0 Å². The van der Waals surface area contributed by atoms with Gasteiger partial charge in [0.2, 0.25) is 0 Å². The number of hydrogen-bond acceptors (Lipinski definition) is 2. The molecule has 68 valence electrons. The molecule has 3 nitrogen and oxygen atoms in total. The van der Waals surface area contributed by atoms with Crippen molar-refractivity contribution in [1.29, 1.82) is 0 Å². The van der Waals surface area contributed by atoms with Gasteiger partial charge >= 0.3 is 6.09 Å². The summed E-state index contributed by atoms with van der Waals surface area (Å²) in [4.78, 5) is 12.8. The summed E-state index contributed by atoms with van der Waals surface area (Å²) in [6, 6.07) is 7.84. The molecule has 1 fully saturated rings. The number of carbonyl (C=O) groups is 1. The fourth-order valence-electron chi connectivity index (χ4n) is 1.42. The van der Waals surface area contributed by atoms with E-state index in [1.165, 1.54) is 0 Å². The summed E-state index contributed by atoms with van der Waals surface area (Å²) < 4.78 is 4.85. The zero-order valence-corrected chi connectivity index (χ0v) is 7.49. The first-order valence-electron chi connectivity index (χ1n) is 4.28. The number of rotatable bonds is 1. The molecular weight excluding hydrogens is 166 g/mol. The molecule has 0 atom stereocenters. The molecule has 1 aliphatic rings. The van der Waals surface area contributed by atoms with Crippen molar-refractivity contribution in [2.24, 2.45) is 0 Å². The first-order chi connectivity index (χ1) is 6.27. The standard InChI is InChI=1S/C10H11NO2/c1-8-3-2-4-9(7-8)11-5-6-13-10(11)12/h2-4,7H,5-6H2,1H3. The van der Waals surface area contributed by atoms with Crippen molar-refractivity contribution in [2.45, 2.75) is 6.92 Å². The molecule has 0 spiro atoms. The third-order valence-electron chi connectivity index (χ3n) is 2.07. The molecule has 0 saturated carbocycles. The minimum absolute atomic E-state index is 0.245. The van der Waals surface area contributed by atoms with Crippen LogP contribution in [-0.2, 0) is 4.74 Å². The first kappa shape index (κ1) is 8.10. The van der Waals surface area contributed by atoms with Crippen molar-refractivity contribution in [1.82, 2.24) is 0 Å². The molecular formula is C10H11NO2. The van der Waals surface area contributed by atoms with E-state index in [1.807, 2.05) is 31.2 Å². The summed E-state index contributed by atoms with van der Waals surface area (Å²) >= 11 is 0. The summed E-state index contributed by atoms with van der Waals surface area (Å²) in [5, 5.41) is 0. The number of carbonyl (C=O) groups excluding carboxylic acids is 1. The van der Waals surface area contributed by atoms with E-state index in [0.717, 1.165) is 11.3 Å². The minimum atomic E-state index is -0.245. The smallest absolute Gasteiger partial charge is 0.414 e. The summed E-state index contributed by atoms with van der Waals surface area (Å²) in [7, 11) is 0. The highest BCUT2D eigenvalue weighted by Crippen LogP contribution is 2.19. The van der Waals surface area contributed by atoms with Gasteiger partial charge in [0.25, 0.3) is 0 Å². The molecule has 0 unspecified atom stereocenters. The largest absolute Gasteiger partial charge is 0.447 e. The van der Waals surface area contributed by atoms with Crippen LogP contribution in [0.4, 0.5) is 10.5 Å². The Morgan fingerprint density at radius 2 is 2.31 bits per heavy atom. The van der Waals surface area contributed by atoms with Crippen molar-refractivity contribution in [3.8, 4) is 0 Å². The number of amides is 1. The third kappa shape index (κ3) is 1.49. The fourth-order valence-corrected chi connectivity index (χ4v) is 1.42. The maximum Gasteiger partial charge on any atom is 0.414 e. The van der Waals surface area contributed by atoms with Gasteiger partial charge in [0, 0.05) is 5.69 Å². The Morgan fingerprint density at radius 3 is 2.92 bits per heavy atom. The third-order valence-corrected chi connectivity index (χ3v) is 2.07. The molecule has 13 heavy (non-hydrogen) atoms. The van der Waals surface area contributed by atoms with E-state index in [1.54, 1.807) is 4.90 Å². The Bertz CT molecular complexity index is 335. The summed E-state index contributed by atoms with van der Waals surface area (Å²) in [6.07, 6.45) is -0.245. The lowest BCUT2D eigenvalue weighted by atomic mass is 10.2. The van der Waals surface area contributed by atoms with Gasteiger partial charge in [-0.2, -0.15) is 0 Å². The summed E-state index contributed by atoms with van der Waals surface area (Å²) in [5.41, 5.74) is 2.07. The highest BCUT2D eigenvalue weighted by atomic mass is 16.6. The lowest BCUT2D eigenvalue weighted by Crippen LogP contribution is -2.23. The van der Waals surface area contributed by atoms with E-state index >= 15 is 0 Å². The quantitative estimate of drug-likeness (QED) is 0.656. The molecule has 0 bridgehead atoms. The number of anilines is 1.